The molecule has 5 nitrogen and oxygen atoms in total. The predicted octanol–water partition coefficient (Wildman–Crippen LogP) is 2.36. The molecule has 1 heterocycles. The molecule has 0 radical (unpaired) electrons. The maximum atomic E-state index is 5.78. The van der Waals surface area contributed by atoms with Gasteiger partial charge in [-0.2, -0.15) is 0 Å². The lowest BCUT2D eigenvalue weighted by molar-refractivity contribution is 0.233. The minimum absolute atomic E-state index is 0.00378. The van der Waals surface area contributed by atoms with Crippen molar-refractivity contribution in [1.82, 2.24) is 9.97 Å². The van der Waals surface area contributed by atoms with E-state index in [0.29, 0.717) is 12.5 Å². The predicted molar refractivity (Wildman–Crippen MR) is 73.6 cm³/mol. The van der Waals surface area contributed by atoms with Crippen molar-refractivity contribution in [2.24, 2.45) is 0 Å². The first-order valence-electron chi connectivity index (χ1n) is 6.09. The molecular weight excluding hydrogens is 242 g/mol. The first-order chi connectivity index (χ1) is 9.28. The van der Waals surface area contributed by atoms with Gasteiger partial charge < -0.3 is 14.8 Å². The van der Waals surface area contributed by atoms with Crippen LogP contribution in [0.5, 0.6) is 11.5 Å². The Morgan fingerprint density at radius 1 is 1.16 bits per heavy atom. The van der Waals surface area contributed by atoms with Crippen LogP contribution in [0.1, 0.15) is 6.92 Å². The standard InChI is InChI=1S/C14H17N3O2/c1-11(10-17-14-15-7-4-8-16-14)19-13-6-3-5-12(9-13)18-2/h3-9,11H,10H2,1-2H3,(H,15,16,17). The normalized spacial score (nSPS) is 11.7. The molecule has 1 atom stereocenters. The van der Waals surface area contributed by atoms with E-state index in [-0.39, 0.29) is 6.10 Å². The molecule has 0 fully saturated rings. The zero-order valence-electron chi connectivity index (χ0n) is 11.0. The monoisotopic (exact) mass is 259 g/mol. The Balaban J connectivity index is 1.85. The Morgan fingerprint density at radius 2 is 1.89 bits per heavy atom. The van der Waals surface area contributed by atoms with E-state index in [1.165, 1.54) is 0 Å². The highest BCUT2D eigenvalue weighted by molar-refractivity contribution is 5.33. The van der Waals surface area contributed by atoms with E-state index >= 15 is 0 Å². The number of nitrogens with zero attached hydrogens (tertiary/aromatic N) is 2. The highest BCUT2D eigenvalue weighted by Crippen LogP contribution is 2.19. The van der Waals surface area contributed by atoms with Crippen molar-refractivity contribution in [3.8, 4) is 11.5 Å². The molecule has 1 unspecified atom stereocenters. The van der Waals surface area contributed by atoms with E-state index in [2.05, 4.69) is 15.3 Å². The van der Waals surface area contributed by atoms with Gasteiger partial charge >= 0.3 is 0 Å². The number of hydrogen-bond acceptors (Lipinski definition) is 5. The number of ether oxygens (including phenoxy) is 2. The molecule has 2 rings (SSSR count). The van der Waals surface area contributed by atoms with Gasteiger partial charge in [0.25, 0.3) is 0 Å². The van der Waals surface area contributed by atoms with Crippen LogP contribution in [-0.2, 0) is 0 Å². The summed E-state index contributed by atoms with van der Waals surface area (Å²) in [5.41, 5.74) is 0. The van der Waals surface area contributed by atoms with Crippen LogP contribution >= 0.6 is 0 Å². The number of aromatic nitrogens is 2. The van der Waals surface area contributed by atoms with Gasteiger partial charge in [-0.05, 0) is 25.1 Å². The van der Waals surface area contributed by atoms with Crippen LogP contribution in [0.25, 0.3) is 0 Å². The summed E-state index contributed by atoms with van der Waals surface area (Å²) in [5, 5.41) is 3.11. The van der Waals surface area contributed by atoms with Crippen molar-refractivity contribution in [2.45, 2.75) is 13.0 Å². The van der Waals surface area contributed by atoms with E-state index in [1.54, 1.807) is 25.6 Å². The second kappa shape index (κ2) is 6.58. The number of benzene rings is 1. The molecule has 0 saturated carbocycles. The summed E-state index contributed by atoms with van der Waals surface area (Å²) >= 11 is 0. The largest absolute Gasteiger partial charge is 0.497 e. The summed E-state index contributed by atoms with van der Waals surface area (Å²) in [6.45, 7) is 2.61. The topological polar surface area (TPSA) is 56.3 Å². The SMILES string of the molecule is COc1cccc(OC(C)CNc2ncccn2)c1. The van der Waals surface area contributed by atoms with Crippen molar-refractivity contribution in [3.63, 3.8) is 0 Å². The van der Waals surface area contributed by atoms with Gasteiger partial charge in [0.15, 0.2) is 0 Å². The Labute approximate surface area is 112 Å². The molecule has 1 aromatic heterocycles. The third-order valence-electron chi connectivity index (χ3n) is 2.49. The Hall–Kier alpha value is -2.30. The van der Waals surface area contributed by atoms with E-state index in [0.717, 1.165) is 11.5 Å². The van der Waals surface area contributed by atoms with Crippen molar-refractivity contribution in [3.05, 3.63) is 42.7 Å². The fraction of sp³-hybridized carbons (Fsp3) is 0.286. The summed E-state index contributed by atoms with van der Waals surface area (Å²) in [5.74, 6) is 2.16. The zero-order valence-corrected chi connectivity index (χ0v) is 11.0. The van der Waals surface area contributed by atoms with Crippen LogP contribution in [0.2, 0.25) is 0 Å². The van der Waals surface area contributed by atoms with Crippen molar-refractivity contribution in [2.75, 3.05) is 19.0 Å². The summed E-state index contributed by atoms with van der Waals surface area (Å²) in [4.78, 5) is 8.17. The molecule has 0 amide bonds. The Bertz CT molecular complexity index is 505. The molecule has 0 bridgehead atoms. The third-order valence-corrected chi connectivity index (χ3v) is 2.49. The van der Waals surface area contributed by atoms with Gasteiger partial charge in [0.2, 0.25) is 5.95 Å². The van der Waals surface area contributed by atoms with Gasteiger partial charge in [0, 0.05) is 18.5 Å². The molecule has 5 heteroatoms. The number of nitrogens with one attached hydrogen (secondary N) is 1. The smallest absolute Gasteiger partial charge is 0.222 e. The van der Waals surface area contributed by atoms with Crippen LogP contribution in [0.4, 0.5) is 5.95 Å². The zero-order chi connectivity index (χ0) is 13.5. The van der Waals surface area contributed by atoms with Crippen molar-refractivity contribution < 1.29 is 9.47 Å². The second-order valence-corrected chi connectivity index (χ2v) is 4.06. The molecule has 0 spiro atoms. The molecule has 19 heavy (non-hydrogen) atoms. The third kappa shape index (κ3) is 4.13. The maximum Gasteiger partial charge on any atom is 0.222 e. The van der Waals surface area contributed by atoms with Crippen LogP contribution in [0.15, 0.2) is 42.7 Å². The van der Waals surface area contributed by atoms with Gasteiger partial charge in [-0.1, -0.05) is 6.07 Å². The maximum absolute atomic E-state index is 5.78. The van der Waals surface area contributed by atoms with Gasteiger partial charge in [0.1, 0.15) is 17.6 Å². The van der Waals surface area contributed by atoms with E-state index in [4.69, 9.17) is 9.47 Å². The quantitative estimate of drug-likeness (QED) is 0.863. The molecule has 1 N–H and O–H groups in total. The first-order valence-corrected chi connectivity index (χ1v) is 6.09. The number of hydrogen-bond donors (Lipinski definition) is 1. The number of rotatable bonds is 6. The second-order valence-electron chi connectivity index (χ2n) is 4.06. The number of anilines is 1. The van der Waals surface area contributed by atoms with Crippen LogP contribution in [-0.4, -0.2) is 29.7 Å². The lowest BCUT2D eigenvalue weighted by Gasteiger charge is -2.15. The first kappa shape index (κ1) is 13.1. The highest BCUT2D eigenvalue weighted by Gasteiger charge is 2.05. The molecule has 0 aliphatic heterocycles. The van der Waals surface area contributed by atoms with Gasteiger partial charge in [0.05, 0.1) is 13.7 Å². The van der Waals surface area contributed by atoms with Crippen LogP contribution in [0.3, 0.4) is 0 Å². The average molecular weight is 259 g/mol. The van der Waals surface area contributed by atoms with Crippen molar-refractivity contribution >= 4 is 5.95 Å². The van der Waals surface area contributed by atoms with Crippen LogP contribution < -0.4 is 14.8 Å². The minimum atomic E-state index is -0.00378. The van der Waals surface area contributed by atoms with E-state index < -0.39 is 0 Å². The fourth-order valence-electron chi connectivity index (χ4n) is 1.57. The molecule has 1 aromatic carbocycles. The highest BCUT2D eigenvalue weighted by atomic mass is 16.5. The minimum Gasteiger partial charge on any atom is -0.497 e. The van der Waals surface area contributed by atoms with E-state index in [9.17, 15) is 0 Å². The van der Waals surface area contributed by atoms with E-state index in [1.807, 2.05) is 31.2 Å². The molecule has 0 aliphatic rings. The van der Waals surface area contributed by atoms with Gasteiger partial charge in [-0.25, -0.2) is 9.97 Å². The van der Waals surface area contributed by atoms with Gasteiger partial charge in [-0.3, -0.25) is 0 Å². The van der Waals surface area contributed by atoms with Gasteiger partial charge in [-0.15, -0.1) is 0 Å². The number of methoxy groups -OCH3 is 1. The summed E-state index contributed by atoms with van der Waals surface area (Å²) < 4.78 is 10.9. The lowest BCUT2D eigenvalue weighted by atomic mass is 10.3. The molecule has 0 aliphatic carbocycles. The molecule has 100 valence electrons. The van der Waals surface area contributed by atoms with Crippen molar-refractivity contribution in [1.29, 1.82) is 0 Å². The lowest BCUT2D eigenvalue weighted by Crippen LogP contribution is -2.23. The van der Waals surface area contributed by atoms with Crippen LogP contribution in [0, 0.1) is 0 Å². The summed E-state index contributed by atoms with van der Waals surface area (Å²) in [6.07, 6.45) is 3.39. The molecule has 0 saturated heterocycles. The fourth-order valence-corrected chi connectivity index (χ4v) is 1.57. The Kier molecular flexibility index (Phi) is 4.55. The molecule has 2 aromatic rings. The summed E-state index contributed by atoms with van der Waals surface area (Å²) in [7, 11) is 1.64. The average Bonchev–Trinajstić information content (AvgIpc) is 2.46. The Morgan fingerprint density at radius 3 is 2.63 bits per heavy atom. The summed E-state index contributed by atoms with van der Waals surface area (Å²) in [6, 6.07) is 9.32. The molecular formula is C14H17N3O2.